The minimum atomic E-state index is 0.0566. The predicted molar refractivity (Wildman–Crippen MR) is 64.6 cm³/mol. The van der Waals surface area contributed by atoms with Crippen LogP contribution in [-0.2, 0) is 4.74 Å². The Labute approximate surface area is 105 Å². The highest BCUT2D eigenvalue weighted by Gasteiger charge is 2.15. The first-order valence-electron chi connectivity index (χ1n) is 5.16. The molecule has 1 fully saturated rings. The van der Waals surface area contributed by atoms with Crippen molar-refractivity contribution in [3.8, 4) is 5.75 Å². The number of para-hydroxylation sites is 1. The molecule has 1 atom stereocenters. The quantitative estimate of drug-likeness (QED) is 0.907. The maximum atomic E-state index is 5.98. The van der Waals surface area contributed by atoms with Gasteiger partial charge in [0.05, 0.1) is 16.7 Å². The highest BCUT2D eigenvalue weighted by Crippen LogP contribution is 2.32. The molecule has 0 aromatic heterocycles. The van der Waals surface area contributed by atoms with Crippen LogP contribution in [0.25, 0.3) is 0 Å². The lowest BCUT2D eigenvalue weighted by molar-refractivity contribution is 0.000240. The lowest BCUT2D eigenvalue weighted by Crippen LogP contribution is -2.41. The number of hydrogen-bond donors (Lipinski definition) is 1. The molecule has 3 nitrogen and oxygen atoms in total. The Balaban J connectivity index is 1.93. The number of rotatable bonds is 3. The van der Waals surface area contributed by atoms with E-state index in [2.05, 4.69) is 5.32 Å². The number of halogens is 2. The maximum Gasteiger partial charge on any atom is 0.156 e. The molecule has 1 saturated heterocycles. The van der Waals surface area contributed by atoms with Crippen LogP contribution < -0.4 is 10.1 Å². The third-order valence-corrected chi connectivity index (χ3v) is 2.93. The summed E-state index contributed by atoms with van der Waals surface area (Å²) in [5, 5.41) is 4.28. The molecule has 1 aromatic carbocycles. The van der Waals surface area contributed by atoms with Crippen molar-refractivity contribution < 1.29 is 9.47 Å². The summed E-state index contributed by atoms with van der Waals surface area (Å²) in [5.41, 5.74) is 0. The summed E-state index contributed by atoms with van der Waals surface area (Å²) in [6.07, 6.45) is 0.0566. The van der Waals surface area contributed by atoms with Crippen molar-refractivity contribution in [2.45, 2.75) is 6.10 Å². The monoisotopic (exact) mass is 261 g/mol. The molecule has 0 amide bonds. The van der Waals surface area contributed by atoms with Gasteiger partial charge in [0.1, 0.15) is 12.7 Å². The van der Waals surface area contributed by atoms with E-state index in [9.17, 15) is 0 Å². The van der Waals surface area contributed by atoms with Crippen LogP contribution in [0.1, 0.15) is 0 Å². The van der Waals surface area contributed by atoms with E-state index in [4.69, 9.17) is 32.7 Å². The fourth-order valence-electron chi connectivity index (χ4n) is 1.52. The second-order valence-electron chi connectivity index (χ2n) is 3.56. The second-order valence-corrected chi connectivity index (χ2v) is 4.37. The molecule has 16 heavy (non-hydrogen) atoms. The number of hydrogen-bond acceptors (Lipinski definition) is 3. The Morgan fingerprint density at radius 2 is 2.12 bits per heavy atom. The molecule has 5 heteroatoms. The molecule has 1 aliphatic heterocycles. The zero-order chi connectivity index (χ0) is 11.4. The molecule has 0 saturated carbocycles. The van der Waals surface area contributed by atoms with Crippen molar-refractivity contribution >= 4 is 23.2 Å². The molecule has 0 spiro atoms. The van der Waals surface area contributed by atoms with Gasteiger partial charge in [0.15, 0.2) is 5.75 Å². The summed E-state index contributed by atoms with van der Waals surface area (Å²) in [4.78, 5) is 0. The predicted octanol–water partition coefficient (Wildman–Crippen LogP) is 2.36. The van der Waals surface area contributed by atoms with E-state index in [0.717, 1.165) is 13.1 Å². The first-order chi connectivity index (χ1) is 7.77. The van der Waals surface area contributed by atoms with Gasteiger partial charge in [-0.1, -0.05) is 29.3 Å². The molecule has 1 unspecified atom stereocenters. The largest absolute Gasteiger partial charge is 0.488 e. The summed E-state index contributed by atoms with van der Waals surface area (Å²) >= 11 is 12.0. The van der Waals surface area contributed by atoms with E-state index < -0.39 is 0 Å². The Morgan fingerprint density at radius 3 is 2.75 bits per heavy atom. The van der Waals surface area contributed by atoms with Crippen LogP contribution in [-0.4, -0.2) is 32.4 Å². The minimum absolute atomic E-state index is 0.0566. The molecular formula is C11H13Cl2NO2. The standard InChI is InChI=1S/C11H13Cl2NO2/c12-9-2-1-3-10(13)11(9)16-7-8-6-14-4-5-15-8/h1-3,8,14H,4-7H2. The third kappa shape index (κ3) is 3.01. The Morgan fingerprint density at radius 1 is 1.38 bits per heavy atom. The van der Waals surface area contributed by atoms with Gasteiger partial charge in [-0.2, -0.15) is 0 Å². The normalized spacial score (nSPS) is 20.8. The summed E-state index contributed by atoms with van der Waals surface area (Å²) in [6, 6.07) is 5.29. The van der Waals surface area contributed by atoms with Crippen LogP contribution in [0, 0.1) is 0 Å². The van der Waals surface area contributed by atoms with Crippen molar-refractivity contribution in [2.24, 2.45) is 0 Å². The zero-order valence-corrected chi connectivity index (χ0v) is 10.2. The lowest BCUT2D eigenvalue weighted by Gasteiger charge is -2.24. The van der Waals surface area contributed by atoms with Gasteiger partial charge in [0.25, 0.3) is 0 Å². The van der Waals surface area contributed by atoms with Crippen LogP contribution in [0.2, 0.25) is 10.0 Å². The fraction of sp³-hybridized carbons (Fsp3) is 0.455. The van der Waals surface area contributed by atoms with Gasteiger partial charge in [0.2, 0.25) is 0 Å². The lowest BCUT2D eigenvalue weighted by atomic mass is 10.3. The summed E-state index contributed by atoms with van der Waals surface area (Å²) in [7, 11) is 0. The minimum Gasteiger partial charge on any atom is -0.488 e. The molecular weight excluding hydrogens is 249 g/mol. The number of ether oxygens (including phenoxy) is 2. The third-order valence-electron chi connectivity index (χ3n) is 2.34. The zero-order valence-electron chi connectivity index (χ0n) is 8.71. The van der Waals surface area contributed by atoms with Crippen molar-refractivity contribution in [1.82, 2.24) is 5.32 Å². The fourth-order valence-corrected chi connectivity index (χ4v) is 2.03. The van der Waals surface area contributed by atoms with Gasteiger partial charge in [-0.3, -0.25) is 0 Å². The van der Waals surface area contributed by atoms with Crippen molar-refractivity contribution in [1.29, 1.82) is 0 Å². The molecule has 0 aliphatic carbocycles. The van der Waals surface area contributed by atoms with Gasteiger partial charge >= 0.3 is 0 Å². The van der Waals surface area contributed by atoms with Gasteiger partial charge in [-0.25, -0.2) is 0 Å². The molecule has 2 rings (SSSR count). The van der Waals surface area contributed by atoms with Gasteiger partial charge < -0.3 is 14.8 Å². The van der Waals surface area contributed by atoms with Gasteiger partial charge in [-0.15, -0.1) is 0 Å². The van der Waals surface area contributed by atoms with E-state index in [1.807, 2.05) is 0 Å². The number of benzene rings is 1. The average Bonchev–Trinajstić information content (AvgIpc) is 2.30. The van der Waals surface area contributed by atoms with Crippen molar-refractivity contribution in [2.75, 3.05) is 26.3 Å². The van der Waals surface area contributed by atoms with E-state index in [-0.39, 0.29) is 6.10 Å². The topological polar surface area (TPSA) is 30.5 Å². The van der Waals surface area contributed by atoms with Gasteiger partial charge in [-0.05, 0) is 12.1 Å². The summed E-state index contributed by atoms with van der Waals surface area (Å²) in [5.74, 6) is 0.528. The van der Waals surface area contributed by atoms with Crippen LogP contribution in [0.5, 0.6) is 5.75 Å². The summed E-state index contributed by atoms with van der Waals surface area (Å²) in [6.45, 7) is 2.85. The molecule has 1 N–H and O–H groups in total. The van der Waals surface area contributed by atoms with E-state index in [1.54, 1.807) is 18.2 Å². The first kappa shape index (κ1) is 12.0. The number of morpholine rings is 1. The van der Waals surface area contributed by atoms with Crippen LogP contribution in [0.3, 0.4) is 0 Å². The molecule has 1 heterocycles. The first-order valence-corrected chi connectivity index (χ1v) is 5.92. The van der Waals surface area contributed by atoms with Crippen LogP contribution >= 0.6 is 23.2 Å². The smallest absolute Gasteiger partial charge is 0.156 e. The van der Waals surface area contributed by atoms with E-state index >= 15 is 0 Å². The van der Waals surface area contributed by atoms with Gasteiger partial charge in [0, 0.05) is 13.1 Å². The average molecular weight is 262 g/mol. The van der Waals surface area contributed by atoms with Crippen LogP contribution in [0.4, 0.5) is 0 Å². The highest BCUT2D eigenvalue weighted by molar-refractivity contribution is 6.37. The van der Waals surface area contributed by atoms with Crippen molar-refractivity contribution in [3.63, 3.8) is 0 Å². The van der Waals surface area contributed by atoms with Crippen LogP contribution in [0.15, 0.2) is 18.2 Å². The SMILES string of the molecule is Clc1cccc(Cl)c1OCC1CNCCO1. The maximum absolute atomic E-state index is 5.98. The molecule has 1 aliphatic rings. The number of nitrogens with one attached hydrogen (secondary N) is 1. The Kier molecular flexibility index (Phi) is 4.29. The Bertz CT molecular complexity index is 334. The molecule has 1 aromatic rings. The highest BCUT2D eigenvalue weighted by atomic mass is 35.5. The summed E-state index contributed by atoms with van der Waals surface area (Å²) < 4.78 is 11.1. The Hall–Kier alpha value is -0.480. The van der Waals surface area contributed by atoms with Crippen molar-refractivity contribution in [3.05, 3.63) is 28.2 Å². The molecule has 0 bridgehead atoms. The molecule has 88 valence electrons. The van der Waals surface area contributed by atoms with E-state index in [1.165, 1.54) is 0 Å². The molecule has 0 radical (unpaired) electrons. The van der Waals surface area contributed by atoms with E-state index in [0.29, 0.717) is 29.0 Å². The second kappa shape index (κ2) is 5.73.